The normalized spacial score (nSPS) is 11.0. The van der Waals surface area contributed by atoms with Gasteiger partial charge in [0.05, 0.1) is 32.9 Å². The fourth-order valence-electron chi connectivity index (χ4n) is 8.19. The molecule has 0 saturated carbocycles. The lowest BCUT2D eigenvalue weighted by atomic mass is 9.87. The lowest BCUT2D eigenvalue weighted by Gasteiger charge is -2.30. The largest absolute Gasteiger partial charge is 0.462 e. The average Bonchev–Trinajstić information content (AvgIpc) is 4.26. The number of benzene rings is 8. The van der Waals surface area contributed by atoms with Crippen molar-refractivity contribution in [3.05, 3.63) is 270 Å². The Kier molecular flexibility index (Phi) is 18.1. The van der Waals surface area contributed by atoms with Crippen LogP contribution >= 0.6 is 93.6 Å². The van der Waals surface area contributed by atoms with Gasteiger partial charge in [-0.1, -0.05) is 183 Å². The van der Waals surface area contributed by atoms with E-state index in [4.69, 9.17) is 36.5 Å². The topological polar surface area (TPSA) is 57.9 Å². The van der Waals surface area contributed by atoms with Crippen molar-refractivity contribution < 1.29 is 13.3 Å². The van der Waals surface area contributed by atoms with Crippen molar-refractivity contribution in [2.45, 2.75) is 26.2 Å². The third kappa shape index (κ3) is 13.6. The molecule has 0 unspecified atom stereocenters. The summed E-state index contributed by atoms with van der Waals surface area (Å²) in [7, 11) is 0. The quantitative estimate of drug-likeness (QED) is 0.0791. The molecular weight excluding hydrogens is 1300 g/mol. The third-order valence-electron chi connectivity index (χ3n) is 12.0. The Hall–Kier alpha value is -6.25. The second-order valence-corrected chi connectivity index (χ2v) is 22.8. The summed E-state index contributed by atoms with van der Waals surface area (Å²) in [4.78, 5) is 4.28. The van der Waals surface area contributed by atoms with E-state index >= 15 is 0 Å². The molecule has 0 fully saturated rings. The second kappa shape index (κ2) is 25.3. The first-order valence-corrected chi connectivity index (χ1v) is 28.3. The molecule has 3 aromatic heterocycles. The number of hydrogen-bond acceptors (Lipinski definition) is 6. The molecule has 380 valence electrons. The van der Waals surface area contributed by atoms with Crippen LogP contribution in [0.3, 0.4) is 0 Å². The minimum absolute atomic E-state index is 0.175. The Morgan fingerprint density at radius 1 is 0.421 bits per heavy atom. The summed E-state index contributed by atoms with van der Waals surface area (Å²) in [5.41, 5.74) is 12.0. The maximum atomic E-state index is 6.94. The Bertz CT molecular complexity index is 3460. The zero-order valence-electron chi connectivity index (χ0n) is 41.4. The fourth-order valence-corrected chi connectivity index (χ4v) is 11.2. The second-order valence-electron chi connectivity index (χ2n) is 18.4. The number of halogens is 6. The van der Waals surface area contributed by atoms with Crippen LogP contribution < -0.4 is 15.1 Å². The van der Waals surface area contributed by atoms with Crippen molar-refractivity contribution in [2.24, 2.45) is 0 Å². The molecule has 8 aromatic carbocycles. The molecule has 3 heterocycles. The number of para-hydroxylation sites is 2. The molecule has 12 heteroatoms. The monoisotopic (exact) mass is 1340 g/mol. The first-order chi connectivity index (χ1) is 36.8. The van der Waals surface area contributed by atoms with E-state index in [9.17, 15) is 0 Å². The van der Waals surface area contributed by atoms with Gasteiger partial charge < -0.3 is 28.4 Å². The van der Waals surface area contributed by atoms with E-state index in [0.29, 0.717) is 5.02 Å². The fraction of sp³-hybridized carbons (Fsp3) is 0.0625. The summed E-state index contributed by atoms with van der Waals surface area (Å²) in [6.07, 6.45) is 5.30. The van der Waals surface area contributed by atoms with Crippen molar-refractivity contribution in [3.8, 4) is 34.0 Å². The van der Waals surface area contributed by atoms with Gasteiger partial charge in [-0.3, -0.25) is 0 Å². The van der Waals surface area contributed by atoms with Crippen LogP contribution in [0.5, 0.6) is 0 Å². The van der Waals surface area contributed by atoms with Gasteiger partial charge in [0.15, 0.2) is 0 Å². The van der Waals surface area contributed by atoms with E-state index in [-0.39, 0.29) is 5.41 Å². The maximum Gasteiger partial charge on any atom is 0.136 e. The molecule has 0 aliphatic carbocycles. The van der Waals surface area contributed by atoms with Gasteiger partial charge in [0, 0.05) is 74.5 Å². The molecule has 11 rings (SSSR count). The molecular formula is C64H49Br3Cl2IN3O3. The SMILES string of the molecule is CC(C)(C)c1ccc(Nc2coc(-c3ccccc3)c2)cc1.Clc1cc(Br)c(Br)c(I)c1.Clc1cc(N(c2ccccc2)c2coc(-c3ccccc3)c2)c(Br)c(N(c2ccccc2)c2coc(-c3ccccc3)c2)c1. The average molecular weight is 1350 g/mol. The van der Waals surface area contributed by atoms with Gasteiger partial charge in [-0.2, -0.15) is 0 Å². The molecule has 11 aromatic rings. The summed E-state index contributed by atoms with van der Waals surface area (Å²) >= 11 is 25.7. The maximum absolute atomic E-state index is 6.94. The molecule has 0 aliphatic heterocycles. The van der Waals surface area contributed by atoms with Crippen molar-refractivity contribution in [3.63, 3.8) is 0 Å². The summed E-state index contributed by atoms with van der Waals surface area (Å²) < 4.78 is 21.8. The van der Waals surface area contributed by atoms with Crippen molar-refractivity contribution in [1.29, 1.82) is 0 Å². The molecule has 0 saturated heterocycles. The molecule has 0 amide bonds. The number of hydrogen-bond donors (Lipinski definition) is 1. The van der Waals surface area contributed by atoms with Crippen molar-refractivity contribution in [1.82, 2.24) is 0 Å². The number of rotatable bonds is 11. The van der Waals surface area contributed by atoms with Gasteiger partial charge in [-0.15, -0.1) is 0 Å². The Morgan fingerprint density at radius 3 is 1.24 bits per heavy atom. The smallest absolute Gasteiger partial charge is 0.136 e. The van der Waals surface area contributed by atoms with Crippen LogP contribution in [0.2, 0.25) is 10.0 Å². The van der Waals surface area contributed by atoms with Crippen LogP contribution in [0.1, 0.15) is 26.3 Å². The van der Waals surface area contributed by atoms with Crippen LogP contribution in [0.15, 0.2) is 264 Å². The highest BCUT2D eigenvalue weighted by atomic mass is 127. The van der Waals surface area contributed by atoms with Crippen LogP contribution in [0.4, 0.5) is 45.5 Å². The van der Waals surface area contributed by atoms with Gasteiger partial charge in [-0.05, 0) is 142 Å². The minimum Gasteiger partial charge on any atom is -0.462 e. The van der Waals surface area contributed by atoms with E-state index < -0.39 is 0 Å². The number of nitrogens with zero attached hydrogens (tertiary/aromatic N) is 2. The number of anilines is 8. The zero-order valence-corrected chi connectivity index (χ0v) is 49.8. The molecule has 0 atom stereocenters. The summed E-state index contributed by atoms with van der Waals surface area (Å²) in [6.45, 7) is 6.66. The lowest BCUT2D eigenvalue weighted by Crippen LogP contribution is -2.14. The lowest BCUT2D eigenvalue weighted by molar-refractivity contribution is 0.582. The Morgan fingerprint density at radius 2 is 0.816 bits per heavy atom. The standard InChI is InChI=1S/C38H26BrClN2O2.C20H21NO.C6H2Br2ClI/c39-38-34(41(30-17-9-3-10-18-30)32-23-36(43-25-32)27-13-5-1-6-14-27)21-29(40)22-35(38)42(31-19-11-4-12-20-31)33-24-37(44-26-33)28-15-7-2-8-16-28;1-20(2,3)16-9-11-17(12-10-16)21-18-13-19(22-14-18)15-7-5-4-6-8-15;7-4-1-3(9)2-5(10)6(4)8/h1-26H;4-14,21H,1-3H3;1-2H. The number of furan rings is 3. The van der Waals surface area contributed by atoms with Crippen molar-refractivity contribution >= 4 is 139 Å². The Balaban J connectivity index is 0.000000181. The van der Waals surface area contributed by atoms with Crippen molar-refractivity contribution in [2.75, 3.05) is 15.1 Å². The van der Waals surface area contributed by atoms with Gasteiger partial charge >= 0.3 is 0 Å². The van der Waals surface area contributed by atoms with Crippen LogP contribution in [0.25, 0.3) is 34.0 Å². The van der Waals surface area contributed by atoms with E-state index in [1.165, 1.54) is 5.56 Å². The predicted octanol–water partition coefficient (Wildman–Crippen LogP) is 23.0. The minimum atomic E-state index is 0.175. The number of nitrogens with one attached hydrogen (secondary N) is 1. The van der Waals surface area contributed by atoms with Gasteiger partial charge in [-0.25, -0.2) is 0 Å². The van der Waals surface area contributed by atoms with Crippen LogP contribution in [0, 0.1) is 3.57 Å². The third-order valence-corrected chi connectivity index (χ3v) is 16.8. The van der Waals surface area contributed by atoms with Gasteiger partial charge in [0.25, 0.3) is 0 Å². The molecule has 6 nitrogen and oxygen atoms in total. The molecule has 76 heavy (non-hydrogen) atoms. The molecule has 0 aliphatic rings. The first kappa shape index (κ1) is 54.5. The molecule has 1 N–H and O–H groups in total. The Labute approximate surface area is 492 Å². The molecule has 0 radical (unpaired) electrons. The summed E-state index contributed by atoms with van der Waals surface area (Å²) in [5.74, 6) is 2.42. The van der Waals surface area contributed by atoms with E-state index in [2.05, 4.69) is 155 Å². The molecule has 0 bridgehead atoms. The summed E-state index contributed by atoms with van der Waals surface area (Å²) in [6, 6.07) is 73.0. The van der Waals surface area contributed by atoms with Gasteiger partial charge in [0.2, 0.25) is 0 Å². The summed E-state index contributed by atoms with van der Waals surface area (Å²) in [5, 5.41) is 4.71. The van der Waals surface area contributed by atoms with Gasteiger partial charge in [0.1, 0.15) is 36.1 Å². The first-order valence-electron chi connectivity index (χ1n) is 24.1. The highest BCUT2D eigenvalue weighted by Gasteiger charge is 2.25. The highest BCUT2D eigenvalue weighted by molar-refractivity contribution is 14.1. The van der Waals surface area contributed by atoms with Crippen LogP contribution in [-0.2, 0) is 5.41 Å². The van der Waals surface area contributed by atoms with E-state index in [0.717, 1.165) is 101 Å². The highest BCUT2D eigenvalue weighted by Crippen LogP contribution is 2.49. The van der Waals surface area contributed by atoms with E-state index in [1.54, 1.807) is 18.8 Å². The van der Waals surface area contributed by atoms with Crippen LogP contribution in [-0.4, -0.2) is 0 Å². The zero-order chi connectivity index (χ0) is 53.2. The predicted molar refractivity (Wildman–Crippen MR) is 336 cm³/mol. The molecule has 0 spiro atoms. The van der Waals surface area contributed by atoms with E-state index in [1.807, 2.05) is 170 Å².